The average Bonchev–Trinajstić information content (AvgIpc) is 2.61. The summed E-state index contributed by atoms with van der Waals surface area (Å²) in [4.78, 5) is 14.9. The molecule has 0 bridgehead atoms. The zero-order valence-corrected chi connectivity index (χ0v) is 13.2. The lowest BCUT2D eigenvalue weighted by Crippen LogP contribution is -2.33. The summed E-state index contributed by atoms with van der Waals surface area (Å²) in [6, 6.07) is 18.6. The summed E-state index contributed by atoms with van der Waals surface area (Å²) in [6.07, 6.45) is 0. The summed E-state index contributed by atoms with van der Waals surface area (Å²) in [5, 5.41) is 23.9. The van der Waals surface area contributed by atoms with Gasteiger partial charge in [-0.3, -0.25) is 4.79 Å². The number of carboxylic acid groups (broad SMARTS) is 1. The molecule has 0 heterocycles. The molecule has 0 aliphatic carbocycles. The fourth-order valence-corrected chi connectivity index (χ4v) is 2.06. The molecule has 0 radical (unpaired) electrons. The second kappa shape index (κ2) is 8.34. The van der Waals surface area contributed by atoms with E-state index in [1.54, 1.807) is 24.3 Å². The van der Waals surface area contributed by atoms with Gasteiger partial charge in [0.1, 0.15) is 6.54 Å². The highest BCUT2D eigenvalue weighted by atomic mass is 16.4. The molecule has 2 aromatic carbocycles. The van der Waals surface area contributed by atoms with Crippen molar-refractivity contribution in [3.05, 3.63) is 65.7 Å². The molecular weight excluding hydrogens is 304 g/mol. The number of hydrogen-bond acceptors (Lipinski definition) is 3. The Bertz CT molecular complexity index is 749. The Hall–Kier alpha value is -3.33. The van der Waals surface area contributed by atoms with Crippen molar-refractivity contribution in [2.45, 2.75) is 13.0 Å². The Kier molecular flexibility index (Phi) is 5.92. The number of benzene rings is 2. The van der Waals surface area contributed by atoms with Crippen LogP contribution in [-0.4, -0.2) is 23.6 Å². The lowest BCUT2D eigenvalue weighted by molar-refractivity contribution is -0.135. The molecule has 0 saturated heterocycles. The minimum atomic E-state index is -1.01. The van der Waals surface area contributed by atoms with Crippen molar-refractivity contribution in [1.29, 1.82) is 5.26 Å². The smallest absolute Gasteiger partial charge is 0.325 e. The summed E-state index contributed by atoms with van der Waals surface area (Å²) in [6.45, 7) is 1.62. The van der Waals surface area contributed by atoms with Gasteiger partial charge in [-0.05, 0) is 36.8 Å². The first-order valence-corrected chi connectivity index (χ1v) is 7.43. The highest BCUT2D eigenvalue weighted by Gasteiger charge is 2.09. The number of anilines is 1. The van der Waals surface area contributed by atoms with E-state index < -0.39 is 5.97 Å². The summed E-state index contributed by atoms with van der Waals surface area (Å²) in [7, 11) is 0. The summed E-state index contributed by atoms with van der Waals surface area (Å²) >= 11 is 0. The van der Waals surface area contributed by atoms with Gasteiger partial charge in [0, 0.05) is 5.69 Å². The van der Waals surface area contributed by atoms with Crippen LogP contribution in [0, 0.1) is 11.3 Å². The van der Waals surface area contributed by atoms with E-state index >= 15 is 0 Å². The minimum absolute atomic E-state index is 0.0513. The fraction of sp³-hybridized carbons (Fsp3) is 0.167. The molecule has 0 unspecified atom stereocenters. The van der Waals surface area contributed by atoms with Crippen molar-refractivity contribution in [2.75, 3.05) is 11.9 Å². The Balaban J connectivity index is 2.13. The van der Waals surface area contributed by atoms with Crippen LogP contribution in [0.5, 0.6) is 0 Å². The van der Waals surface area contributed by atoms with Gasteiger partial charge in [-0.1, -0.05) is 30.3 Å². The molecule has 3 N–H and O–H groups in total. The van der Waals surface area contributed by atoms with Crippen molar-refractivity contribution in [1.82, 2.24) is 5.32 Å². The average molecular weight is 322 g/mol. The van der Waals surface area contributed by atoms with Crippen LogP contribution in [0.4, 0.5) is 5.69 Å². The summed E-state index contributed by atoms with van der Waals surface area (Å²) in [5.41, 5.74) is 2.32. The number of aliphatic carboxylic acids is 1. The van der Waals surface area contributed by atoms with Crippen molar-refractivity contribution >= 4 is 17.6 Å². The highest BCUT2D eigenvalue weighted by molar-refractivity contribution is 5.94. The summed E-state index contributed by atoms with van der Waals surface area (Å²) < 4.78 is 0. The quantitative estimate of drug-likeness (QED) is 0.581. The second-order valence-corrected chi connectivity index (χ2v) is 5.15. The van der Waals surface area contributed by atoms with Crippen LogP contribution in [-0.2, 0) is 4.79 Å². The molecule has 122 valence electrons. The maximum absolute atomic E-state index is 10.8. The Morgan fingerprint density at radius 3 is 2.46 bits per heavy atom. The number of carbonyl (C=O) groups is 1. The van der Waals surface area contributed by atoms with E-state index in [1.807, 2.05) is 43.3 Å². The molecule has 0 aliphatic rings. The van der Waals surface area contributed by atoms with Gasteiger partial charge in [0.05, 0.1) is 17.7 Å². The van der Waals surface area contributed by atoms with Gasteiger partial charge in [-0.2, -0.15) is 5.26 Å². The van der Waals surface area contributed by atoms with Crippen molar-refractivity contribution in [2.24, 2.45) is 4.99 Å². The van der Waals surface area contributed by atoms with Crippen molar-refractivity contribution < 1.29 is 9.90 Å². The van der Waals surface area contributed by atoms with Gasteiger partial charge in [-0.15, -0.1) is 0 Å². The van der Waals surface area contributed by atoms with E-state index in [-0.39, 0.29) is 12.6 Å². The Morgan fingerprint density at radius 1 is 1.21 bits per heavy atom. The molecule has 6 heteroatoms. The first-order chi connectivity index (χ1) is 11.6. The number of nitrogens with one attached hydrogen (secondary N) is 2. The zero-order chi connectivity index (χ0) is 17.4. The van der Waals surface area contributed by atoms with Gasteiger partial charge < -0.3 is 15.7 Å². The lowest BCUT2D eigenvalue weighted by Gasteiger charge is -2.18. The second-order valence-electron chi connectivity index (χ2n) is 5.15. The Labute approximate surface area is 140 Å². The maximum atomic E-state index is 10.8. The SMILES string of the molecule is C[C@@H](NC(=NCC(=O)O)Nc1ccc(C#N)cc1)c1ccccc1. The van der Waals surface area contributed by atoms with E-state index in [0.29, 0.717) is 17.2 Å². The number of hydrogen-bond donors (Lipinski definition) is 3. The summed E-state index contributed by atoms with van der Waals surface area (Å²) in [5.74, 6) is -0.651. The van der Waals surface area contributed by atoms with Crippen LogP contribution < -0.4 is 10.6 Å². The van der Waals surface area contributed by atoms with Crippen LogP contribution >= 0.6 is 0 Å². The van der Waals surface area contributed by atoms with E-state index in [2.05, 4.69) is 15.6 Å². The molecule has 6 nitrogen and oxygen atoms in total. The van der Waals surface area contributed by atoms with Crippen molar-refractivity contribution in [3.8, 4) is 6.07 Å². The van der Waals surface area contributed by atoms with Crippen LogP contribution in [0.2, 0.25) is 0 Å². The molecular formula is C18H18N4O2. The number of aliphatic imine (C=N–C) groups is 1. The molecule has 0 aromatic heterocycles. The minimum Gasteiger partial charge on any atom is -0.480 e. The predicted molar refractivity (Wildman–Crippen MR) is 92.7 cm³/mol. The largest absolute Gasteiger partial charge is 0.480 e. The van der Waals surface area contributed by atoms with Crippen LogP contribution in [0.15, 0.2) is 59.6 Å². The first kappa shape index (κ1) is 17.0. The van der Waals surface area contributed by atoms with Gasteiger partial charge in [-0.25, -0.2) is 4.99 Å². The molecule has 2 rings (SSSR count). The third-order valence-electron chi connectivity index (χ3n) is 3.30. The number of nitrogens with zero attached hydrogens (tertiary/aromatic N) is 2. The predicted octanol–water partition coefficient (Wildman–Crippen LogP) is 2.76. The van der Waals surface area contributed by atoms with E-state index in [4.69, 9.17) is 10.4 Å². The van der Waals surface area contributed by atoms with E-state index in [9.17, 15) is 4.79 Å². The van der Waals surface area contributed by atoms with E-state index in [1.165, 1.54) is 0 Å². The van der Waals surface area contributed by atoms with Gasteiger partial charge in [0.2, 0.25) is 0 Å². The van der Waals surface area contributed by atoms with Gasteiger partial charge in [0.25, 0.3) is 0 Å². The normalized spacial score (nSPS) is 12.1. The number of carboxylic acids is 1. The monoisotopic (exact) mass is 322 g/mol. The topological polar surface area (TPSA) is 97.5 Å². The highest BCUT2D eigenvalue weighted by Crippen LogP contribution is 2.13. The fourth-order valence-electron chi connectivity index (χ4n) is 2.06. The van der Waals surface area contributed by atoms with Crippen LogP contribution in [0.1, 0.15) is 24.1 Å². The number of nitriles is 1. The molecule has 0 spiro atoms. The Morgan fingerprint density at radius 2 is 1.88 bits per heavy atom. The molecule has 2 aromatic rings. The number of rotatable bonds is 5. The number of guanidine groups is 1. The maximum Gasteiger partial charge on any atom is 0.325 e. The molecule has 24 heavy (non-hydrogen) atoms. The molecule has 0 amide bonds. The van der Waals surface area contributed by atoms with Gasteiger partial charge in [0.15, 0.2) is 5.96 Å². The molecule has 0 fully saturated rings. The van der Waals surface area contributed by atoms with Crippen molar-refractivity contribution in [3.63, 3.8) is 0 Å². The lowest BCUT2D eigenvalue weighted by atomic mass is 10.1. The molecule has 0 aliphatic heterocycles. The van der Waals surface area contributed by atoms with E-state index in [0.717, 1.165) is 5.56 Å². The standard InChI is InChI=1S/C18H18N4O2/c1-13(15-5-3-2-4-6-15)21-18(20-12-17(23)24)22-16-9-7-14(11-19)8-10-16/h2-10,13H,12H2,1H3,(H,23,24)(H2,20,21,22)/t13-/m1/s1. The third-order valence-corrected chi connectivity index (χ3v) is 3.30. The van der Waals surface area contributed by atoms with Crippen LogP contribution in [0.25, 0.3) is 0 Å². The van der Waals surface area contributed by atoms with Crippen LogP contribution in [0.3, 0.4) is 0 Å². The third kappa shape index (κ3) is 5.14. The first-order valence-electron chi connectivity index (χ1n) is 7.43. The molecule has 1 atom stereocenters. The van der Waals surface area contributed by atoms with Gasteiger partial charge >= 0.3 is 5.97 Å². The molecule has 0 saturated carbocycles. The zero-order valence-electron chi connectivity index (χ0n) is 13.2.